The number of rotatable bonds is 3. The van der Waals surface area contributed by atoms with Crippen molar-refractivity contribution in [1.82, 2.24) is 5.32 Å². The van der Waals surface area contributed by atoms with Crippen molar-refractivity contribution in [3.8, 4) is 0 Å². The minimum absolute atomic E-state index is 0.107. The van der Waals surface area contributed by atoms with E-state index in [1.165, 1.54) is 11.1 Å². The number of benzene rings is 2. The molecule has 0 aromatic heterocycles. The number of hydrogen-bond acceptors (Lipinski definition) is 1. The Balaban J connectivity index is 2.44. The molecule has 2 aromatic rings. The molecule has 3 heteroatoms. The van der Waals surface area contributed by atoms with Gasteiger partial charge in [0.2, 0.25) is 0 Å². The predicted molar refractivity (Wildman–Crippen MR) is 81.2 cm³/mol. The van der Waals surface area contributed by atoms with E-state index in [2.05, 4.69) is 58.5 Å². The first-order chi connectivity index (χ1) is 8.61. The zero-order valence-corrected chi connectivity index (χ0v) is 12.7. The van der Waals surface area contributed by atoms with Crippen LogP contribution in [0.4, 0.5) is 0 Å². The minimum atomic E-state index is 0.107. The van der Waals surface area contributed by atoms with E-state index in [4.69, 9.17) is 11.6 Å². The second-order valence-electron chi connectivity index (χ2n) is 4.30. The Labute approximate surface area is 121 Å². The van der Waals surface area contributed by atoms with E-state index in [1.54, 1.807) is 0 Å². The molecule has 0 aliphatic heterocycles. The first-order valence-corrected chi connectivity index (χ1v) is 6.97. The smallest absolute Gasteiger partial charge is 0.0589 e. The summed E-state index contributed by atoms with van der Waals surface area (Å²) in [6.07, 6.45) is 0. The van der Waals surface area contributed by atoms with E-state index in [-0.39, 0.29) is 6.04 Å². The van der Waals surface area contributed by atoms with Crippen molar-refractivity contribution in [2.24, 2.45) is 0 Å². The lowest BCUT2D eigenvalue weighted by Crippen LogP contribution is -2.18. The molecule has 1 nitrogen and oxygen atoms in total. The highest BCUT2D eigenvalue weighted by Crippen LogP contribution is 2.30. The van der Waals surface area contributed by atoms with Gasteiger partial charge in [-0.2, -0.15) is 0 Å². The molecule has 2 aromatic carbocycles. The largest absolute Gasteiger partial charge is 0.309 e. The van der Waals surface area contributed by atoms with Crippen LogP contribution in [0.1, 0.15) is 22.7 Å². The highest BCUT2D eigenvalue weighted by molar-refractivity contribution is 9.10. The Hall–Kier alpha value is -0.830. The molecule has 0 radical (unpaired) electrons. The predicted octanol–water partition coefficient (Wildman–Crippen LogP) is 4.72. The van der Waals surface area contributed by atoms with Crippen molar-refractivity contribution in [3.05, 3.63) is 68.7 Å². The van der Waals surface area contributed by atoms with Gasteiger partial charge in [0, 0.05) is 9.50 Å². The summed E-state index contributed by atoms with van der Waals surface area (Å²) in [5.41, 5.74) is 3.55. The van der Waals surface area contributed by atoms with Gasteiger partial charge in [0.15, 0.2) is 0 Å². The van der Waals surface area contributed by atoms with Crippen molar-refractivity contribution in [2.45, 2.75) is 13.0 Å². The summed E-state index contributed by atoms with van der Waals surface area (Å²) in [6.45, 7) is 2.09. The molecule has 0 amide bonds. The van der Waals surface area contributed by atoms with Crippen LogP contribution in [0, 0.1) is 6.92 Å². The van der Waals surface area contributed by atoms with Crippen molar-refractivity contribution < 1.29 is 0 Å². The number of aryl methyl sites for hydroxylation is 1. The molecule has 0 bridgehead atoms. The fourth-order valence-electron chi connectivity index (χ4n) is 2.00. The van der Waals surface area contributed by atoms with E-state index in [1.807, 2.05) is 19.2 Å². The summed E-state index contributed by atoms with van der Waals surface area (Å²) in [5.74, 6) is 0. The van der Waals surface area contributed by atoms with Gasteiger partial charge < -0.3 is 5.32 Å². The van der Waals surface area contributed by atoms with E-state index in [0.29, 0.717) is 0 Å². The quantitative estimate of drug-likeness (QED) is 0.861. The second kappa shape index (κ2) is 5.87. The molecule has 0 saturated carbocycles. The third-order valence-electron chi connectivity index (χ3n) is 2.97. The Morgan fingerprint density at radius 3 is 2.39 bits per heavy atom. The maximum atomic E-state index is 6.29. The molecule has 0 saturated heterocycles. The zero-order valence-electron chi connectivity index (χ0n) is 10.4. The third-order valence-corrected chi connectivity index (χ3v) is 3.81. The topological polar surface area (TPSA) is 12.0 Å². The molecule has 0 aliphatic rings. The van der Waals surface area contributed by atoms with Gasteiger partial charge in [-0.25, -0.2) is 0 Å². The molecule has 1 N–H and O–H groups in total. The Morgan fingerprint density at radius 2 is 1.78 bits per heavy atom. The van der Waals surface area contributed by atoms with Crippen LogP contribution in [0.3, 0.4) is 0 Å². The molecule has 1 unspecified atom stereocenters. The minimum Gasteiger partial charge on any atom is -0.309 e. The SMILES string of the molecule is CNC(c1ccc(C)cc1)c1cc(Br)ccc1Cl. The van der Waals surface area contributed by atoms with Crippen molar-refractivity contribution in [2.75, 3.05) is 7.05 Å². The molecule has 1 atom stereocenters. The van der Waals surface area contributed by atoms with Gasteiger partial charge in [0.25, 0.3) is 0 Å². The first kappa shape index (κ1) is 13.6. The zero-order chi connectivity index (χ0) is 13.1. The Bertz CT molecular complexity index is 537. The maximum Gasteiger partial charge on any atom is 0.0589 e. The lowest BCUT2D eigenvalue weighted by molar-refractivity contribution is 0.691. The van der Waals surface area contributed by atoms with Crippen LogP contribution < -0.4 is 5.32 Å². The van der Waals surface area contributed by atoms with Gasteiger partial charge in [0.05, 0.1) is 6.04 Å². The normalized spacial score (nSPS) is 12.4. The van der Waals surface area contributed by atoms with E-state index in [0.717, 1.165) is 15.1 Å². The van der Waals surface area contributed by atoms with Gasteiger partial charge in [0.1, 0.15) is 0 Å². The summed E-state index contributed by atoms with van der Waals surface area (Å²) in [7, 11) is 1.95. The molecule has 0 spiro atoms. The average molecular weight is 325 g/mol. The summed E-state index contributed by atoms with van der Waals surface area (Å²) >= 11 is 9.78. The molecule has 18 heavy (non-hydrogen) atoms. The maximum absolute atomic E-state index is 6.29. The summed E-state index contributed by atoms with van der Waals surface area (Å²) in [5, 5.41) is 4.09. The first-order valence-electron chi connectivity index (χ1n) is 5.80. The molecule has 0 fully saturated rings. The van der Waals surface area contributed by atoms with Crippen molar-refractivity contribution in [3.63, 3.8) is 0 Å². The Morgan fingerprint density at radius 1 is 1.11 bits per heavy atom. The van der Waals surface area contributed by atoms with E-state index < -0.39 is 0 Å². The van der Waals surface area contributed by atoms with Crippen LogP contribution >= 0.6 is 27.5 Å². The van der Waals surface area contributed by atoms with Crippen LogP contribution in [0.5, 0.6) is 0 Å². The van der Waals surface area contributed by atoms with Gasteiger partial charge in [-0.3, -0.25) is 0 Å². The molecule has 94 valence electrons. The van der Waals surface area contributed by atoms with Gasteiger partial charge in [-0.15, -0.1) is 0 Å². The van der Waals surface area contributed by atoms with Gasteiger partial charge in [-0.05, 0) is 43.3 Å². The highest BCUT2D eigenvalue weighted by Gasteiger charge is 2.15. The van der Waals surface area contributed by atoms with E-state index >= 15 is 0 Å². The monoisotopic (exact) mass is 323 g/mol. The van der Waals surface area contributed by atoms with Crippen LogP contribution in [-0.4, -0.2) is 7.05 Å². The van der Waals surface area contributed by atoms with Gasteiger partial charge in [-0.1, -0.05) is 57.4 Å². The van der Waals surface area contributed by atoms with Crippen LogP contribution in [-0.2, 0) is 0 Å². The number of hydrogen-bond donors (Lipinski definition) is 1. The molecule has 2 rings (SSSR count). The van der Waals surface area contributed by atoms with Crippen LogP contribution in [0.2, 0.25) is 5.02 Å². The Kier molecular flexibility index (Phi) is 4.44. The van der Waals surface area contributed by atoms with E-state index in [9.17, 15) is 0 Å². The standard InChI is InChI=1S/C15H15BrClN/c1-10-3-5-11(6-4-10)15(18-2)13-9-12(16)7-8-14(13)17/h3-9,15,18H,1-2H3. The molecular formula is C15H15BrClN. The fraction of sp³-hybridized carbons (Fsp3) is 0.200. The summed E-state index contributed by atoms with van der Waals surface area (Å²) < 4.78 is 1.04. The van der Waals surface area contributed by atoms with Crippen molar-refractivity contribution in [1.29, 1.82) is 0 Å². The molecule has 0 aliphatic carbocycles. The summed E-state index contributed by atoms with van der Waals surface area (Å²) in [6, 6.07) is 14.5. The average Bonchev–Trinajstić information content (AvgIpc) is 2.37. The van der Waals surface area contributed by atoms with Crippen LogP contribution in [0.25, 0.3) is 0 Å². The highest BCUT2D eigenvalue weighted by atomic mass is 79.9. The molecule has 0 heterocycles. The lowest BCUT2D eigenvalue weighted by Gasteiger charge is -2.19. The molecular weight excluding hydrogens is 310 g/mol. The van der Waals surface area contributed by atoms with Crippen molar-refractivity contribution >= 4 is 27.5 Å². The second-order valence-corrected chi connectivity index (χ2v) is 5.62. The number of halogens is 2. The third kappa shape index (κ3) is 2.94. The summed E-state index contributed by atoms with van der Waals surface area (Å²) in [4.78, 5) is 0. The fourth-order valence-corrected chi connectivity index (χ4v) is 2.60. The van der Waals surface area contributed by atoms with Gasteiger partial charge >= 0.3 is 0 Å². The van der Waals surface area contributed by atoms with Crippen LogP contribution in [0.15, 0.2) is 46.9 Å². The lowest BCUT2D eigenvalue weighted by atomic mass is 9.98. The number of nitrogens with one attached hydrogen (secondary N) is 1.